The Morgan fingerprint density at radius 2 is 1.77 bits per heavy atom. The van der Waals surface area contributed by atoms with Crippen LogP contribution in [0.25, 0.3) is 21.9 Å². The molecule has 0 saturated heterocycles. The Hall–Kier alpha value is -3.08. The zero-order valence-corrected chi connectivity index (χ0v) is 11.8. The van der Waals surface area contributed by atoms with E-state index in [0.717, 1.165) is 27.7 Å². The first-order valence-corrected chi connectivity index (χ1v) is 6.99. The highest BCUT2D eigenvalue weighted by Gasteiger charge is 2.12. The van der Waals surface area contributed by atoms with E-state index >= 15 is 0 Å². The number of fused-ring (bicyclic) bond motifs is 3. The third-order valence-corrected chi connectivity index (χ3v) is 3.74. The third kappa shape index (κ3) is 1.95. The van der Waals surface area contributed by atoms with Gasteiger partial charge in [0.1, 0.15) is 5.52 Å². The summed E-state index contributed by atoms with van der Waals surface area (Å²) in [6, 6.07) is 15.7. The summed E-state index contributed by atoms with van der Waals surface area (Å²) in [5.74, 6) is 0.431. The van der Waals surface area contributed by atoms with Gasteiger partial charge in [-0.05, 0) is 23.8 Å². The SMILES string of the molecule is Nc1ccc(Cn2[c]nc3c(N)nc4ccccc4c32)cc1. The number of aromatic nitrogens is 3. The molecule has 4 N–H and O–H groups in total. The van der Waals surface area contributed by atoms with Gasteiger partial charge in [-0.1, -0.05) is 30.3 Å². The van der Waals surface area contributed by atoms with E-state index in [0.29, 0.717) is 17.9 Å². The molecular weight excluding hydrogens is 274 g/mol. The molecule has 2 aromatic carbocycles. The summed E-state index contributed by atoms with van der Waals surface area (Å²) in [4.78, 5) is 8.71. The average Bonchev–Trinajstić information content (AvgIpc) is 2.94. The van der Waals surface area contributed by atoms with E-state index < -0.39 is 0 Å². The molecule has 0 aliphatic carbocycles. The van der Waals surface area contributed by atoms with Gasteiger partial charge >= 0.3 is 0 Å². The molecule has 107 valence electrons. The van der Waals surface area contributed by atoms with Crippen LogP contribution in [0.3, 0.4) is 0 Å². The normalized spacial score (nSPS) is 11.3. The van der Waals surface area contributed by atoms with Gasteiger partial charge in [-0.3, -0.25) is 0 Å². The Morgan fingerprint density at radius 3 is 2.59 bits per heavy atom. The van der Waals surface area contributed by atoms with Crippen molar-refractivity contribution in [3.63, 3.8) is 0 Å². The second kappa shape index (κ2) is 4.73. The van der Waals surface area contributed by atoms with Crippen LogP contribution >= 0.6 is 0 Å². The molecule has 4 rings (SSSR count). The zero-order valence-electron chi connectivity index (χ0n) is 11.8. The topological polar surface area (TPSA) is 82.8 Å². The largest absolute Gasteiger partial charge is 0.399 e. The minimum Gasteiger partial charge on any atom is -0.399 e. The predicted octanol–water partition coefficient (Wildman–Crippen LogP) is 2.60. The van der Waals surface area contributed by atoms with Crippen molar-refractivity contribution in [3.8, 4) is 0 Å². The molecule has 1 radical (unpaired) electrons. The van der Waals surface area contributed by atoms with Crippen molar-refractivity contribution in [2.45, 2.75) is 6.54 Å². The molecule has 2 heterocycles. The van der Waals surface area contributed by atoms with Gasteiger partial charge < -0.3 is 16.0 Å². The van der Waals surface area contributed by atoms with Gasteiger partial charge in [-0.25, -0.2) is 9.97 Å². The number of nitrogen functional groups attached to an aromatic ring is 2. The molecule has 22 heavy (non-hydrogen) atoms. The van der Waals surface area contributed by atoms with Crippen LogP contribution in [0.1, 0.15) is 5.56 Å². The molecule has 0 fully saturated rings. The van der Waals surface area contributed by atoms with Crippen molar-refractivity contribution in [2.75, 3.05) is 11.5 Å². The second-order valence-corrected chi connectivity index (χ2v) is 5.25. The molecular formula is C17H14N5. The first-order valence-electron chi connectivity index (χ1n) is 6.99. The van der Waals surface area contributed by atoms with Crippen LogP contribution in [-0.2, 0) is 6.54 Å². The maximum atomic E-state index is 6.03. The summed E-state index contributed by atoms with van der Waals surface area (Å²) >= 11 is 0. The van der Waals surface area contributed by atoms with Gasteiger partial charge in [0.2, 0.25) is 0 Å². The van der Waals surface area contributed by atoms with Crippen molar-refractivity contribution in [1.82, 2.24) is 14.5 Å². The third-order valence-electron chi connectivity index (χ3n) is 3.74. The number of nitrogens with two attached hydrogens (primary N) is 2. The van der Waals surface area contributed by atoms with Gasteiger partial charge in [0.05, 0.1) is 11.0 Å². The Kier molecular flexibility index (Phi) is 2.72. The summed E-state index contributed by atoms with van der Waals surface area (Å²) in [6.45, 7) is 0.657. The Morgan fingerprint density at radius 1 is 1.00 bits per heavy atom. The quantitative estimate of drug-likeness (QED) is 0.555. The summed E-state index contributed by atoms with van der Waals surface area (Å²) < 4.78 is 1.97. The first-order chi connectivity index (χ1) is 10.7. The van der Waals surface area contributed by atoms with E-state index in [1.807, 2.05) is 53.1 Å². The molecule has 4 aromatic rings. The number of pyridine rings is 1. The number of hydrogen-bond donors (Lipinski definition) is 2. The minimum absolute atomic E-state index is 0.431. The van der Waals surface area contributed by atoms with Crippen molar-refractivity contribution in [3.05, 3.63) is 60.4 Å². The molecule has 5 nitrogen and oxygen atoms in total. The van der Waals surface area contributed by atoms with Crippen LogP contribution in [0, 0.1) is 6.33 Å². The zero-order chi connectivity index (χ0) is 15.1. The molecule has 0 aliphatic heterocycles. The summed E-state index contributed by atoms with van der Waals surface area (Å²) in [7, 11) is 0. The lowest BCUT2D eigenvalue weighted by Crippen LogP contribution is -2.00. The number of para-hydroxylation sites is 1. The Balaban J connectivity index is 1.92. The molecule has 0 aliphatic rings. The molecule has 0 atom stereocenters. The van der Waals surface area contributed by atoms with E-state index in [4.69, 9.17) is 11.5 Å². The predicted molar refractivity (Wildman–Crippen MR) is 88.2 cm³/mol. The summed E-state index contributed by atoms with van der Waals surface area (Å²) in [5, 5.41) is 1.02. The van der Waals surface area contributed by atoms with Crippen molar-refractivity contribution >= 4 is 33.4 Å². The van der Waals surface area contributed by atoms with Crippen LogP contribution in [0.2, 0.25) is 0 Å². The smallest absolute Gasteiger partial charge is 0.178 e. The van der Waals surface area contributed by atoms with Crippen molar-refractivity contribution in [1.29, 1.82) is 0 Å². The van der Waals surface area contributed by atoms with Gasteiger partial charge in [-0.15, -0.1) is 0 Å². The molecule has 0 bridgehead atoms. The first kappa shape index (κ1) is 12.6. The molecule has 0 spiro atoms. The molecule has 0 saturated carbocycles. The van der Waals surface area contributed by atoms with E-state index in [1.165, 1.54) is 0 Å². The number of imidazole rings is 1. The number of rotatable bonds is 2. The van der Waals surface area contributed by atoms with Crippen LogP contribution in [-0.4, -0.2) is 14.5 Å². The minimum atomic E-state index is 0.431. The van der Waals surface area contributed by atoms with E-state index in [9.17, 15) is 0 Å². The van der Waals surface area contributed by atoms with Gasteiger partial charge in [0.25, 0.3) is 0 Å². The van der Waals surface area contributed by atoms with Crippen LogP contribution in [0.4, 0.5) is 11.5 Å². The lowest BCUT2D eigenvalue weighted by Gasteiger charge is -2.07. The number of anilines is 2. The van der Waals surface area contributed by atoms with E-state index in [-0.39, 0.29) is 0 Å². The highest BCUT2D eigenvalue weighted by Crippen LogP contribution is 2.27. The molecule has 5 heteroatoms. The molecule has 0 unspecified atom stereocenters. The van der Waals surface area contributed by atoms with Crippen molar-refractivity contribution in [2.24, 2.45) is 0 Å². The monoisotopic (exact) mass is 288 g/mol. The fraction of sp³-hybridized carbons (Fsp3) is 0.0588. The fourth-order valence-electron chi connectivity index (χ4n) is 2.67. The average molecular weight is 288 g/mol. The van der Waals surface area contributed by atoms with E-state index in [2.05, 4.69) is 16.3 Å². The van der Waals surface area contributed by atoms with Gasteiger partial charge in [0, 0.05) is 17.6 Å². The molecule has 0 amide bonds. The van der Waals surface area contributed by atoms with Crippen LogP contribution in [0.15, 0.2) is 48.5 Å². The standard InChI is InChI=1S/C17H14N5/c18-12-7-5-11(6-8-12)9-22-10-20-15-16(22)13-3-1-2-4-14(13)21-17(15)19/h1-8H,9,18H2,(H2,19,21). The lowest BCUT2D eigenvalue weighted by atomic mass is 10.1. The Labute approximate surface area is 127 Å². The maximum absolute atomic E-state index is 6.03. The fourth-order valence-corrected chi connectivity index (χ4v) is 2.67. The summed E-state index contributed by atoms with van der Waals surface area (Å²) in [6.07, 6.45) is 3.03. The Bertz CT molecular complexity index is 970. The number of hydrogen-bond acceptors (Lipinski definition) is 4. The van der Waals surface area contributed by atoms with Crippen molar-refractivity contribution < 1.29 is 0 Å². The molecule has 2 aromatic heterocycles. The van der Waals surface area contributed by atoms with E-state index in [1.54, 1.807) is 0 Å². The lowest BCUT2D eigenvalue weighted by molar-refractivity contribution is 0.819. The maximum Gasteiger partial charge on any atom is 0.178 e. The van der Waals surface area contributed by atoms with Gasteiger partial charge in [0.15, 0.2) is 12.1 Å². The highest BCUT2D eigenvalue weighted by molar-refractivity contribution is 6.06. The van der Waals surface area contributed by atoms with Crippen LogP contribution < -0.4 is 11.5 Å². The summed E-state index contributed by atoms with van der Waals surface area (Å²) in [5.41, 5.74) is 16.1. The van der Waals surface area contributed by atoms with Gasteiger partial charge in [-0.2, -0.15) is 0 Å². The van der Waals surface area contributed by atoms with Crippen LogP contribution in [0.5, 0.6) is 0 Å². The number of benzene rings is 2. The second-order valence-electron chi connectivity index (χ2n) is 5.25. The number of nitrogens with zero attached hydrogens (tertiary/aromatic N) is 3. The highest BCUT2D eigenvalue weighted by atomic mass is 15.1.